The van der Waals surface area contributed by atoms with Crippen molar-refractivity contribution in [3.8, 4) is 22.9 Å². The molecule has 0 saturated heterocycles. The lowest BCUT2D eigenvalue weighted by Crippen LogP contribution is -2.23. The van der Waals surface area contributed by atoms with E-state index >= 15 is 0 Å². The van der Waals surface area contributed by atoms with Gasteiger partial charge in [-0.2, -0.15) is 0 Å². The lowest BCUT2D eigenvalue weighted by molar-refractivity contribution is -0.118. The van der Waals surface area contributed by atoms with Crippen molar-refractivity contribution in [3.05, 3.63) is 119 Å². The Morgan fingerprint density at radius 3 is 2.27 bits per heavy atom. The van der Waals surface area contributed by atoms with Gasteiger partial charge in [-0.25, -0.2) is 4.98 Å². The van der Waals surface area contributed by atoms with Crippen LogP contribution in [0.3, 0.4) is 0 Å². The van der Waals surface area contributed by atoms with Crippen LogP contribution in [0.1, 0.15) is 11.4 Å². The zero-order valence-corrected chi connectivity index (χ0v) is 20.5. The molecule has 0 aliphatic heterocycles. The van der Waals surface area contributed by atoms with Gasteiger partial charge in [-0.15, -0.1) is 0 Å². The quantitative estimate of drug-likeness (QED) is 0.311. The average molecular weight is 492 g/mol. The monoisotopic (exact) mass is 491 g/mol. The number of aromatic nitrogens is 2. The first-order chi connectivity index (χ1) is 18.0. The zero-order valence-electron chi connectivity index (χ0n) is 20.5. The Morgan fingerprint density at radius 1 is 0.838 bits per heavy atom. The molecule has 1 amide bonds. The lowest BCUT2D eigenvalue weighted by atomic mass is 10.1. The molecular formula is C30H25N3O4. The predicted octanol–water partition coefficient (Wildman–Crippen LogP) is 5.81. The maximum absolute atomic E-state index is 13.1. The average Bonchev–Trinajstić information content (AvgIpc) is 2.90. The summed E-state index contributed by atoms with van der Waals surface area (Å²) in [4.78, 5) is 30.2. The number of para-hydroxylation sites is 2. The lowest BCUT2D eigenvalue weighted by Gasteiger charge is -2.14. The van der Waals surface area contributed by atoms with Gasteiger partial charge in [-0.1, -0.05) is 30.3 Å². The molecule has 0 unspecified atom stereocenters. The summed E-state index contributed by atoms with van der Waals surface area (Å²) >= 11 is 0. The van der Waals surface area contributed by atoms with Gasteiger partial charge in [0.2, 0.25) is 0 Å². The molecule has 0 fully saturated rings. The van der Waals surface area contributed by atoms with Gasteiger partial charge in [-0.3, -0.25) is 14.2 Å². The maximum atomic E-state index is 13.1. The Morgan fingerprint density at radius 2 is 1.51 bits per heavy atom. The Bertz CT molecular complexity index is 1630. The number of benzene rings is 4. The Labute approximate surface area is 213 Å². The minimum Gasteiger partial charge on any atom is -0.484 e. The molecule has 1 N–H and O–H groups in total. The van der Waals surface area contributed by atoms with Crippen molar-refractivity contribution in [3.63, 3.8) is 0 Å². The second-order valence-electron chi connectivity index (χ2n) is 8.54. The molecule has 37 heavy (non-hydrogen) atoms. The second-order valence-corrected chi connectivity index (χ2v) is 8.54. The maximum Gasteiger partial charge on any atom is 0.265 e. The van der Waals surface area contributed by atoms with Crippen LogP contribution in [0.4, 0.5) is 5.69 Å². The minimum absolute atomic E-state index is 0.132. The standard InChI is InChI=1S/C30H25N3O4/c1-20-18-22(33-21(2)31-28-11-7-6-10-26(28)30(33)35)12-17-27(20)32-29(34)19-36-23-13-15-25(16-14-23)37-24-8-4-3-5-9-24/h3-18H,19H2,1-2H3,(H,32,34). The van der Waals surface area contributed by atoms with E-state index in [9.17, 15) is 9.59 Å². The largest absolute Gasteiger partial charge is 0.484 e. The van der Waals surface area contributed by atoms with E-state index < -0.39 is 0 Å². The SMILES string of the molecule is Cc1cc(-n2c(C)nc3ccccc3c2=O)ccc1NC(=O)COc1ccc(Oc2ccccc2)cc1. The summed E-state index contributed by atoms with van der Waals surface area (Å²) in [7, 11) is 0. The third-order valence-electron chi connectivity index (χ3n) is 5.86. The number of hydrogen-bond donors (Lipinski definition) is 1. The molecule has 0 bridgehead atoms. The number of carbonyl (C=O) groups is 1. The summed E-state index contributed by atoms with van der Waals surface area (Å²) in [5.41, 5.74) is 2.68. The number of nitrogens with one attached hydrogen (secondary N) is 1. The topological polar surface area (TPSA) is 82.5 Å². The van der Waals surface area contributed by atoms with Gasteiger partial charge in [0, 0.05) is 5.69 Å². The Hall–Kier alpha value is -4.91. The zero-order chi connectivity index (χ0) is 25.8. The molecule has 0 spiro atoms. The van der Waals surface area contributed by atoms with Crippen LogP contribution in [0.5, 0.6) is 17.2 Å². The van der Waals surface area contributed by atoms with E-state index in [0.29, 0.717) is 39.6 Å². The molecule has 5 rings (SSSR count). The molecule has 4 aromatic carbocycles. The van der Waals surface area contributed by atoms with E-state index in [0.717, 1.165) is 11.3 Å². The fourth-order valence-corrected chi connectivity index (χ4v) is 4.04. The first-order valence-corrected chi connectivity index (χ1v) is 11.8. The summed E-state index contributed by atoms with van der Waals surface area (Å²) in [6, 6.07) is 29.3. The molecule has 0 aliphatic rings. The normalized spacial score (nSPS) is 10.8. The van der Waals surface area contributed by atoms with Crippen molar-refractivity contribution >= 4 is 22.5 Å². The molecule has 0 radical (unpaired) electrons. The van der Waals surface area contributed by atoms with Gasteiger partial charge in [0.1, 0.15) is 23.1 Å². The number of carbonyl (C=O) groups excluding carboxylic acids is 1. The van der Waals surface area contributed by atoms with Gasteiger partial charge >= 0.3 is 0 Å². The molecule has 7 nitrogen and oxygen atoms in total. The van der Waals surface area contributed by atoms with Crippen molar-refractivity contribution < 1.29 is 14.3 Å². The number of anilines is 1. The first kappa shape index (κ1) is 23.8. The number of amides is 1. The molecule has 0 atom stereocenters. The van der Waals surface area contributed by atoms with Crippen molar-refractivity contribution in [1.29, 1.82) is 0 Å². The number of hydrogen-bond acceptors (Lipinski definition) is 5. The fourth-order valence-electron chi connectivity index (χ4n) is 4.04. The first-order valence-electron chi connectivity index (χ1n) is 11.8. The van der Waals surface area contributed by atoms with Crippen LogP contribution in [0, 0.1) is 13.8 Å². The van der Waals surface area contributed by atoms with Gasteiger partial charge in [0.05, 0.1) is 16.6 Å². The summed E-state index contributed by atoms with van der Waals surface area (Å²) in [6.07, 6.45) is 0. The van der Waals surface area contributed by atoms with E-state index in [1.54, 1.807) is 54.0 Å². The van der Waals surface area contributed by atoms with Gasteiger partial charge in [0.15, 0.2) is 6.61 Å². The van der Waals surface area contributed by atoms with Gasteiger partial charge < -0.3 is 14.8 Å². The highest BCUT2D eigenvalue weighted by Gasteiger charge is 2.12. The summed E-state index contributed by atoms with van der Waals surface area (Å²) < 4.78 is 13.0. The molecule has 1 aromatic heterocycles. The van der Waals surface area contributed by atoms with E-state index in [2.05, 4.69) is 10.3 Å². The van der Waals surface area contributed by atoms with Crippen LogP contribution in [0.25, 0.3) is 16.6 Å². The van der Waals surface area contributed by atoms with Crippen LogP contribution in [-0.2, 0) is 4.79 Å². The summed E-state index contributed by atoms with van der Waals surface area (Å²) in [5, 5.41) is 3.43. The Balaban J connectivity index is 1.23. The van der Waals surface area contributed by atoms with Crippen LogP contribution >= 0.6 is 0 Å². The Kier molecular flexibility index (Phi) is 6.68. The molecule has 5 aromatic rings. The molecule has 7 heteroatoms. The number of nitrogens with zero attached hydrogens (tertiary/aromatic N) is 2. The minimum atomic E-state index is -0.291. The van der Waals surface area contributed by atoms with Gasteiger partial charge in [-0.05, 0) is 86.1 Å². The third-order valence-corrected chi connectivity index (χ3v) is 5.86. The van der Waals surface area contributed by atoms with Crippen LogP contribution in [0.15, 0.2) is 102 Å². The van der Waals surface area contributed by atoms with Crippen molar-refractivity contribution in [2.24, 2.45) is 0 Å². The van der Waals surface area contributed by atoms with E-state index in [1.165, 1.54) is 0 Å². The molecule has 0 saturated carbocycles. The highest BCUT2D eigenvalue weighted by molar-refractivity contribution is 5.92. The highest BCUT2D eigenvalue weighted by atomic mass is 16.5. The summed E-state index contributed by atoms with van der Waals surface area (Å²) in [6.45, 7) is 3.53. The van der Waals surface area contributed by atoms with Crippen molar-refractivity contribution in [1.82, 2.24) is 9.55 Å². The highest BCUT2D eigenvalue weighted by Crippen LogP contribution is 2.24. The molecule has 184 valence electrons. The smallest absolute Gasteiger partial charge is 0.265 e. The number of ether oxygens (including phenoxy) is 2. The van der Waals surface area contributed by atoms with Gasteiger partial charge in [0.25, 0.3) is 11.5 Å². The summed E-state index contributed by atoms with van der Waals surface area (Å²) in [5.74, 6) is 2.28. The van der Waals surface area contributed by atoms with Crippen LogP contribution < -0.4 is 20.3 Å². The van der Waals surface area contributed by atoms with Crippen LogP contribution in [-0.4, -0.2) is 22.1 Å². The second kappa shape index (κ2) is 10.4. The number of fused-ring (bicyclic) bond motifs is 1. The number of rotatable bonds is 7. The predicted molar refractivity (Wildman–Crippen MR) is 144 cm³/mol. The van der Waals surface area contributed by atoms with Crippen molar-refractivity contribution in [2.75, 3.05) is 11.9 Å². The molecule has 0 aliphatic carbocycles. The van der Waals surface area contributed by atoms with E-state index in [-0.39, 0.29) is 18.1 Å². The molecule has 1 heterocycles. The third kappa shape index (κ3) is 5.36. The number of aryl methyl sites for hydroxylation is 2. The molecular weight excluding hydrogens is 466 g/mol. The van der Waals surface area contributed by atoms with E-state index in [4.69, 9.17) is 9.47 Å². The van der Waals surface area contributed by atoms with Crippen molar-refractivity contribution in [2.45, 2.75) is 13.8 Å². The van der Waals surface area contributed by atoms with E-state index in [1.807, 2.05) is 61.5 Å². The fraction of sp³-hybridized carbons (Fsp3) is 0.100. The van der Waals surface area contributed by atoms with Crippen LogP contribution in [0.2, 0.25) is 0 Å².